The minimum atomic E-state index is 1.14. The lowest BCUT2D eigenvalue weighted by atomic mass is 10.1. The van der Waals surface area contributed by atoms with Crippen LogP contribution in [0.25, 0.3) is 0 Å². The maximum atomic E-state index is 3.41. The minimum absolute atomic E-state index is 1.14. The average molecular weight is 205 g/mol. The molecule has 0 aromatic carbocycles. The molecule has 0 radical (unpaired) electrons. The molecular formula is C9H17Br. The lowest BCUT2D eigenvalue weighted by Gasteiger charge is -1.94. The van der Waals surface area contributed by atoms with Gasteiger partial charge in [-0.05, 0) is 32.6 Å². The summed E-state index contributed by atoms with van der Waals surface area (Å²) in [6.07, 6.45) is 7.43. The number of allylic oxidation sites excluding steroid dienone is 2. The van der Waals surface area contributed by atoms with E-state index in [0.29, 0.717) is 0 Å². The largest absolute Gasteiger partial charge is 0.0928 e. The van der Waals surface area contributed by atoms with Gasteiger partial charge >= 0.3 is 0 Å². The third-order valence-electron chi connectivity index (χ3n) is 1.64. The molecule has 0 aromatic heterocycles. The van der Waals surface area contributed by atoms with Gasteiger partial charge in [0.05, 0.1) is 0 Å². The van der Waals surface area contributed by atoms with Crippen LogP contribution in [0.5, 0.6) is 0 Å². The summed E-state index contributed by atoms with van der Waals surface area (Å²) < 4.78 is 0. The zero-order chi connectivity index (χ0) is 7.82. The van der Waals surface area contributed by atoms with Gasteiger partial charge in [-0.2, -0.15) is 0 Å². The summed E-state index contributed by atoms with van der Waals surface area (Å²) in [7, 11) is 0. The van der Waals surface area contributed by atoms with Crippen LogP contribution in [0.1, 0.15) is 39.5 Å². The zero-order valence-electron chi connectivity index (χ0n) is 6.99. The molecule has 0 bridgehead atoms. The van der Waals surface area contributed by atoms with Crippen LogP contribution in [0, 0.1) is 0 Å². The molecule has 0 heterocycles. The molecule has 0 atom stereocenters. The predicted molar refractivity (Wildman–Crippen MR) is 51.7 cm³/mol. The number of halogens is 1. The fourth-order valence-electron chi connectivity index (χ4n) is 0.732. The molecule has 0 rings (SSSR count). The highest BCUT2D eigenvalue weighted by Crippen LogP contribution is 2.04. The van der Waals surface area contributed by atoms with E-state index in [1.807, 2.05) is 0 Å². The number of hydrogen-bond donors (Lipinski definition) is 0. The molecule has 1 heteroatoms. The van der Waals surface area contributed by atoms with Crippen molar-refractivity contribution in [1.82, 2.24) is 0 Å². The Morgan fingerprint density at radius 2 is 2.10 bits per heavy atom. The van der Waals surface area contributed by atoms with E-state index in [1.54, 1.807) is 0 Å². The van der Waals surface area contributed by atoms with E-state index in [2.05, 4.69) is 35.9 Å². The standard InChI is InChI=1S/C9H17Br/c1-3-9(2)7-5-4-6-8-10/h7H,3-6,8H2,1-2H3/b9-7+. The first kappa shape index (κ1) is 10.2. The summed E-state index contributed by atoms with van der Waals surface area (Å²) >= 11 is 3.41. The van der Waals surface area contributed by atoms with Crippen LogP contribution in [0.3, 0.4) is 0 Å². The summed E-state index contributed by atoms with van der Waals surface area (Å²) in [6.45, 7) is 4.41. The maximum Gasteiger partial charge on any atom is 0.00314 e. The van der Waals surface area contributed by atoms with Crippen LogP contribution < -0.4 is 0 Å². The number of hydrogen-bond acceptors (Lipinski definition) is 0. The highest BCUT2D eigenvalue weighted by molar-refractivity contribution is 9.09. The molecule has 0 aliphatic heterocycles. The smallest absolute Gasteiger partial charge is 0.00314 e. The molecular weight excluding hydrogens is 188 g/mol. The van der Waals surface area contributed by atoms with Crippen LogP contribution in [-0.4, -0.2) is 5.33 Å². The molecule has 60 valence electrons. The van der Waals surface area contributed by atoms with Crippen molar-refractivity contribution in [2.24, 2.45) is 0 Å². The van der Waals surface area contributed by atoms with Crippen LogP contribution in [0.15, 0.2) is 11.6 Å². The van der Waals surface area contributed by atoms with Gasteiger partial charge in [0, 0.05) is 5.33 Å². The van der Waals surface area contributed by atoms with Crippen molar-refractivity contribution >= 4 is 15.9 Å². The Kier molecular flexibility index (Phi) is 7.49. The van der Waals surface area contributed by atoms with Crippen molar-refractivity contribution < 1.29 is 0 Å². The van der Waals surface area contributed by atoms with E-state index < -0.39 is 0 Å². The first-order chi connectivity index (χ1) is 4.81. The summed E-state index contributed by atoms with van der Waals surface area (Å²) in [5.74, 6) is 0. The third-order valence-corrected chi connectivity index (χ3v) is 2.20. The van der Waals surface area contributed by atoms with Crippen LogP contribution in [-0.2, 0) is 0 Å². The van der Waals surface area contributed by atoms with Gasteiger partial charge < -0.3 is 0 Å². The molecule has 0 spiro atoms. The van der Waals surface area contributed by atoms with E-state index in [4.69, 9.17) is 0 Å². The molecule has 0 N–H and O–H groups in total. The highest BCUT2D eigenvalue weighted by Gasteiger charge is 1.84. The molecule has 10 heavy (non-hydrogen) atoms. The highest BCUT2D eigenvalue weighted by atomic mass is 79.9. The molecule has 0 aliphatic rings. The Morgan fingerprint density at radius 3 is 2.60 bits per heavy atom. The summed E-state index contributed by atoms with van der Waals surface area (Å²) in [5.41, 5.74) is 1.52. The summed E-state index contributed by atoms with van der Waals surface area (Å²) in [6, 6.07) is 0. The Morgan fingerprint density at radius 1 is 1.40 bits per heavy atom. The van der Waals surface area contributed by atoms with E-state index in [-0.39, 0.29) is 0 Å². The van der Waals surface area contributed by atoms with E-state index >= 15 is 0 Å². The Balaban J connectivity index is 3.16. The Bertz CT molecular complexity index is 94.9. The van der Waals surface area contributed by atoms with E-state index in [1.165, 1.54) is 31.3 Å². The van der Waals surface area contributed by atoms with Crippen molar-refractivity contribution in [2.45, 2.75) is 39.5 Å². The van der Waals surface area contributed by atoms with Crippen molar-refractivity contribution in [3.05, 3.63) is 11.6 Å². The third kappa shape index (κ3) is 6.34. The first-order valence-electron chi connectivity index (χ1n) is 4.02. The van der Waals surface area contributed by atoms with Gasteiger partial charge in [-0.25, -0.2) is 0 Å². The number of unbranched alkanes of at least 4 members (excludes halogenated alkanes) is 2. The molecule has 0 aliphatic carbocycles. The molecule has 0 saturated carbocycles. The Hall–Kier alpha value is 0.220. The molecule has 0 fully saturated rings. The summed E-state index contributed by atoms with van der Waals surface area (Å²) in [5, 5.41) is 1.14. The Labute approximate surface area is 72.8 Å². The SMILES string of the molecule is CC/C(C)=C/CCCCBr. The van der Waals surface area contributed by atoms with E-state index in [0.717, 1.165) is 5.33 Å². The first-order valence-corrected chi connectivity index (χ1v) is 5.15. The van der Waals surface area contributed by atoms with Gasteiger partial charge in [-0.15, -0.1) is 0 Å². The zero-order valence-corrected chi connectivity index (χ0v) is 8.58. The van der Waals surface area contributed by atoms with E-state index in [9.17, 15) is 0 Å². The molecule has 0 unspecified atom stereocenters. The second kappa shape index (κ2) is 7.33. The van der Waals surface area contributed by atoms with Gasteiger partial charge in [-0.3, -0.25) is 0 Å². The fraction of sp³-hybridized carbons (Fsp3) is 0.778. The molecule has 0 amide bonds. The second-order valence-corrected chi connectivity index (χ2v) is 3.38. The van der Waals surface area contributed by atoms with Gasteiger partial charge in [0.15, 0.2) is 0 Å². The van der Waals surface area contributed by atoms with Crippen molar-refractivity contribution in [3.8, 4) is 0 Å². The lowest BCUT2D eigenvalue weighted by Crippen LogP contribution is -1.76. The van der Waals surface area contributed by atoms with Crippen LogP contribution in [0.2, 0.25) is 0 Å². The van der Waals surface area contributed by atoms with Gasteiger partial charge in [0.1, 0.15) is 0 Å². The predicted octanol–water partition coefficient (Wildman–Crippen LogP) is 3.91. The van der Waals surface area contributed by atoms with Crippen LogP contribution >= 0.6 is 15.9 Å². The van der Waals surface area contributed by atoms with Gasteiger partial charge in [-0.1, -0.05) is 34.5 Å². The average Bonchev–Trinajstić information content (AvgIpc) is 1.98. The number of alkyl halides is 1. The quantitative estimate of drug-likeness (QED) is 0.362. The molecule has 0 nitrogen and oxygen atoms in total. The van der Waals surface area contributed by atoms with Crippen molar-refractivity contribution in [3.63, 3.8) is 0 Å². The monoisotopic (exact) mass is 204 g/mol. The van der Waals surface area contributed by atoms with Gasteiger partial charge in [0.2, 0.25) is 0 Å². The van der Waals surface area contributed by atoms with Crippen molar-refractivity contribution in [1.29, 1.82) is 0 Å². The van der Waals surface area contributed by atoms with Crippen molar-refractivity contribution in [2.75, 3.05) is 5.33 Å². The minimum Gasteiger partial charge on any atom is -0.0928 e. The molecule has 0 aromatic rings. The normalized spacial score (nSPS) is 12.1. The lowest BCUT2D eigenvalue weighted by molar-refractivity contribution is 0.819. The van der Waals surface area contributed by atoms with Gasteiger partial charge in [0.25, 0.3) is 0 Å². The summed E-state index contributed by atoms with van der Waals surface area (Å²) in [4.78, 5) is 0. The number of rotatable bonds is 5. The topological polar surface area (TPSA) is 0 Å². The second-order valence-electron chi connectivity index (χ2n) is 2.59. The molecule has 0 saturated heterocycles. The fourth-order valence-corrected chi connectivity index (χ4v) is 1.13. The van der Waals surface area contributed by atoms with Crippen LogP contribution in [0.4, 0.5) is 0 Å². The maximum absolute atomic E-state index is 3.41.